The van der Waals surface area contributed by atoms with Gasteiger partial charge in [-0.3, -0.25) is 9.59 Å². The van der Waals surface area contributed by atoms with Gasteiger partial charge in [0.05, 0.1) is 12.1 Å². The number of morpholine rings is 1. The maximum Gasteiger partial charge on any atom is 0.286 e. The van der Waals surface area contributed by atoms with E-state index in [-0.39, 0.29) is 35.9 Å². The van der Waals surface area contributed by atoms with E-state index in [9.17, 15) is 9.59 Å². The second kappa shape index (κ2) is 8.92. The molecule has 30 heavy (non-hydrogen) atoms. The van der Waals surface area contributed by atoms with Crippen LogP contribution >= 0.6 is 11.6 Å². The van der Waals surface area contributed by atoms with Gasteiger partial charge in [-0.2, -0.15) is 0 Å². The van der Waals surface area contributed by atoms with Crippen molar-refractivity contribution in [3.8, 4) is 0 Å². The number of rotatable bonds is 4. The summed E-state index contributed by atoms with van der Waals surface area (Å²) >= 11 is 6.02. The Kier molecular flexibility index (Phi) is 6.09. The monoisotopic (exact) mass is 424 g/mol. The quantitative estimate of drug-likeness (QED) is 0.721. The normalized spacial score (nSPS) is 25.6. The van der Waals surface area contributed by atoms with E-state index in [0.29, 0.717) is 17.2 Å². The number of halogens is 1. The van der Waals surface area contributed by atoms with Gasteiger partial charge in [-0.25, -0.2) is 0 Å². The third kappa shape index (κ3) is 4.68. The summed E-state index contributed by atoms with van der Waals surface area (Å²) in [5, 5.41) is 6.74. The average Bonchev–Trinajstić information content (AvgIpc) is 2.74. The molecular weight excluding hydrogens is 400 g/mol. The molecule has 1 heterocycles. The molecule has 6 heteroatoms. The molecule has 2 N–H and O–H groups in total. The second-order valence-electron chi connectivity index (χ2n) is 7.95. The third-order valence-corrected chi connectivity index (χ3v) is 6.02. The fourth-order valence-corrected chi connectivity index (χ4v) is 4.33. The van der Waals surface area contributed by atoms with E-state index < -0.39 is 0 Å². The highest BCUT2D eigenvalue weighted by Crippen LogP contribution is 2.32. The fourth-order valence-electron chi connectivity index (χ4n) is 4.13. The van der Waals surface area contributed by atoms with E-state index >= 15 is 0 Å². The topological polar surface area (TPSA) is 67.4 Å². The summed E-state index contributed by atoms with van der Waals surface area (Å²) in [7, 11) is 0. The molecule has 2 fully saturated rings. The van der Waals surface area contributed by atoms with E-state index in [1.807, 2.05) is 49.4 Å². The first-order chi connectivity index (χ1) is 14.5. The maximum atomic E-state index is 12.8. The summed E-state index contributed by atoms with van der Waals surface area (Å²) in [6, 6.07) is 17.0. The Morgan fingerprint density at radius 2 is 2.00 bits per heavy atom. The van der Waals surface area contributed by atoms with Gasteiger partial charge in [0.2, 0.25) is 5.91 Å². The zero-order chi connectivity index (χ0) is 21.1. The first kappa shape index (κ1) is 20.5. The van der Waals surface area contributed by atoms with E-state index in [2.05, 4.69) is 10.6 Å². The molecule has 1 aliphatic carbocycles. The van der Waals surface area contributed by atoms with Crippen molar-refractivity contribution in [3.63, 3.8) is 0 Å². The highest BCUT2D eigenvalue weighted by atomic mass is 35.5. The molecule has 5 nitrogen and oxygen atoms in total. The lowest BCUT2D eigenvalue weighted by molar-refractivity contribution is -0.135. The van der Waals surface area contributed by atoms with Crippen LogP contribution in [-0.4, -0.2) is 24.0 Å². The van der Waals surface area contributed by atoms with Crippen molar-refractivity contribution < 1.29 is 14.3 Å². The summed E-state index contributed by atoms with van der Waals surface area (Å²) in [5.74, 6) is -0.0758. The fraction of sp³-hybridized carbons (Fsp3) is 0.333. The molecule has 2 aromatic carbocycles. The number of hydrogen-bond acceptors (Lipinski definition) is 3. The Labute approximate surface area is 181 Å². The van der Waals surface area contributed by atoms with Crippen LogP contribution in [0.1, 0.15) is 43.4 Å². The van der Waals surface area contributed by atoms with E-state index in [4.69, 9.17) is 16.3 Å². The minimum Gasteiger partial charge on any atom is -0.483 e. The lowest BCUT2D eigenvalue weighted by Gasteiger charge is -2.40. The van der Waals surface area contributed by atoms with Gasteiger partial charge in [-0.1, -0.05) is 54.1 Å². The first-order valence-electron chi connectivity index (χ1n) is 10.3. The molecule has 1 saturated carbocycles. The van der Waals surface area contributed by atoms with E-state index in [1.54, 1.807) is 18.2 Å². The van der Waals surface area contributed by atoms with Crippen molar-refractivity contribution in [1.29, 1.82) is 0 Å². The third-order valence-electron chi connectivity index (χ3n) is 5.78. The molecule has 0 radical (unpaired) electrons. The molecule has 156 valence electrons. The van der Waals surface area contributed by atoms with Gasteiger partial charge < -0.3 is 15.4 Å². The van der Waals surface area contributed by atoms with Crippen molar-refractivity contribution in [2.75, 3.05) is 0 Å². The van der Waals surface area contributed by atoms with Crippen molar-refractivity contribution in [3.05, 3.63) is 76.5 Å². The number of amides is 2. The van der Waals surface area contributed by atoms with Crippen LogP contribution in [0.2, 0.25) is 5.02 Å². The summed E-state index contributed by atoms with van der Waals surface area (Å²) in [4.78, 5) is 25.3. The molecule has 4 unspecified atom stereocenters. The van der Waals surface area contributed by atoms with Crippen LogP contribution in [0.15, 0.2) is 60.4 Å². The first-order valence-corrected chi connectivity index (χ1v) is 10.7. The molecule has 2 amide bonds. The molecule has 0 aromatic heterocycles. The molecule has 4 atom stereocenters. The van der Waals surface area contributed by atoms with Gasteiger partial charge in [0.1, 0.15) is 6.10 Å². The zero-order valence-electron chi connectivity index (χ0n) is 16.8. The molecule has 4 rings (SSSR count). The highest BCUT2D eigenvalue weighted by Gasteiger charge is 2.40. The Bertz CT molecular complexity index is 960. The number of nitrogens with one attached hydrogen (secondary N) is 2. The van der Waals surface area contributed by atoms with Crippen LogP contribution in [0.3, 0.4) is 0 Å². The second-order valence-corrected chi connectivity index (χ2v) is 8.39. The van der Waals surface area contributed by atoms with E-state index in [1.165, 1.54) is 0 Å². The minimum absolute atomic E-state index is 0.0271. The number of fused-ring (bicyclic) bond motifs is 1. The van der Waals surface area contributed by atoms with Crippen LogP contribution in [0.5, 0.6) is 0 Å². The predicted molar refractivity (Wildman–Crippen MR) is 117 cm³/mol. The number of carbonyl (C=O) groups excluding carboxylic acids is 2. The summed E-state index contributed by atoms with van der Waals surface area (Å²) in [6.07, 6.45) is 3.61. The lowest BCUT2D eigenvalue weighted by Crippen LogP contribution is -2.54. The van der Waals surface area contributed by atoms with Crippen LogP contribution in [0.25, 0.3) is 6.08 Å². The summed E-state index contributed by atoms with van der Waals surface area (Å²) in [6.45, 7) is 1.98. The Morgan fingerprint density at radius 1 is 1.20 bits per heavy atom. The van der Waals surface area contributed by atoms with Crippen molar-refractivity contribution in [2.45, 2.75) is 44.4 Å². The van der Waals surface area contributed by atoms with Gasteiger partial charge >= 0.3 is 0 Å². The number of hydrogen-bond donors (Lipinski definition) is 2. The zero-order valence-corrected chi connectivity index (χ0v) is 17.6. The van der Waals surface area contributed by atoms with Crippen molar-refractivity contribution in [2.24, 2.45) is 5.92 Å². The number of ether oxygens (including phenoxy) is 1. The SMILES string of the molecule is CC(NC(=O)C1CCC2O/C(=C\c3cccc(Cl)c3)C(=O)NC2C1)c1ccccc1. The molecule has 2 aromatic rings. The Hall–Kier alpha value is -2.79. The van der Waals surface area contributed by atoms with Crippen LogP contribution in [0.4, 0.5) is 0 Å². The smallest absolute Gasteiger partial charge is 0.286 e. The predicted octanol–water partition coefficient (Wildman–Crippen LogP) is 4.24. The molecule has 2 aliphatic rings. The molecule has 1 aliphatic heterocycles. The van der Waals surface area contributed by atoms with Crippen LogP contribution < -0.4 is 10.6 Å². The lowest BCUT2D eigenvalue weighted by atomic mass is 9.82. The average molecular weight is 425 g/mol. The van der Waals surface area contributed by atoms with Gasteiger partial charge in [0.15, 0.2) is 5.76 Å². The molecular formula is C24H25ClN2O3. The Morgan fingerprint density at radius 3 is 2.77 bits per heavy atom. The maximum absolute atomic E-state index is 12.8. The standard InChI is InChI=1S/C24H25ClN2O3/c1-15(17-7-3-2-4-8-17)26-23(28)18-10-11-21-20(14-18)27-24(29)22(30-21)13-16-6-5-9-19(25)12-16/h2-9,12-13,15,18,20-21H,10-11,14H2,1H3,(H,26,28)(H,27,29)/b22-13-. The van der Waals surface area contributed by atoms with Crippen molar-refractivity contribution in [1.82, 2.24) is 10.6 Å². The number of benzene rings is 2. The van der Waals surface area contributed by atoms with Crippen LogP contribution in [0, 0.1) is 5.92 Å². The number of carbonyl (C=O) groups is 2. The van der Waals surface area contributed by atoms with Gasteiger partial charge in [0.25, 0.3) is 5.91 Å². The Balaban J connectivity index is 1.37. The van der Waals surface area contributed by atoms with Crippen LogP contribution in [-0.2, 0) is 14.3 Å². The summed E-state index contributed by atoms with van der Waals surface area (Å²) in [5.41, 5.74) is 1.89. The van der Waals surface area contributed by atoms with E-state index in [0.717, 1.165) is 24.0 Å². The van der Waals surface area contributed by atoms with Gasteiger partial charge in [0, 0.05) is 10.9 Å². The molecule has 0 spiro atoms. The van der Waals surface area contributed by atoms with Crippen molar-refractivity contribution >= 4 is 29.5 Å². The van der Waals surface area contributed by atoms with Gasteiger partial charge in [-0.05, 0) is 55.5 Å². The van der Waals surface area contributed by atoms with Gasteiger partial charge in [-0.15, -0.1) is 0 Å². The molecule has 0 bridgehead atoms. The summed E-state index contributed by atoms with van der Waals surface area (Å²) < 4.78 is 6.00. The largest absolute Gasteiger partial charge is 0.483 e. The highest BCUT2D eigenvalue weighted by molar-refractivity contribution is 6.30. The molecule has 1 saturated heterocycles. The minimum atomic E-state index is -0.255.